The van der Waals surface area contributed by atoms with Crippen molar-refractivity contribution >= 4 is 23.3 Å². The zero-order valence-electron chi connectivity index (χ0n) is 14.9. The maximum absolute atomic E-state index is 12.2. The van der Waals surface area contributed by atoms with Crippen LogP contribution in [-0.2, 0) is 17.0 Å². The van der Waals surface area contributed by atoms with Crippen molar-refractivity contribution in [3.63, 3.8) is 0 Å². The van der Waals surface area contributed by atoms with Crippen LogP contribution in [0, 0.1) is 17.6 Å². The van der Waals surface area contributed by atoms with Crippen molar-refractivity contribution in [3.05, 3.63) is 56.2 Å². The molecule has 0 fully saturated rings. The SMILES string of the molecule is COCCCCn1c(=O)cc(Nc2ccc(C)c(CSC#N)c2)[nH]c1=O. The van der Waals surface area contributed by atoms with Crippen molar-refractivity contribution < 1.29 is 4.74 Å². The van der Waals surface area contributed by atoms with E-state index in [9.17, 15) is 9.59 Å². The Hall–Kier alpha value is -2.50. The smallest absolute Gasteiger partial charge is 0.329 e. The van der Waals surface area contributed by atoms with E-state index in [0.29, 0.717) is 31.1 Å². The van der Waals surface area contributed by atoms with Crippen molar-refractivity contribution in [2.45, 2.75) is 32.1 Å². The summed E-state index contributed by atoms with van der Waals surface area (Å²) in [5, 5.41) is 13.8. The van der Waals surface area contributed by atoms with Crippen LogP contribution >= 0.6 is 11.8 Å². The standard InChI is InChI=1S/C18H22N4O3S/c1-13-5-6-15(9-14(13)11-26-12-19)20-16-10-17(23)22(18(24)21-16)7-3-4-8-25-2/h5-6,9-10,20H,3-4,7-8,11H2,1-2H3,(H,21,24). The highest BCUT2D eigenvalue weighted by molar-refractivity contribution is 8.02. The van der Waals surface area contributed by atoms with Gasteiger partial charge in [0.25, 0.3) is 5.56 Å². The first-order valence-electron chi connectivity index (χ1n) is 8.25. The Labute approximate surface area is 156 Å². The average Bonchev–Trinajstić information content (AvgIpc) is 2.61. The van der Waals surface area contributed by atoms with Gasteiger partial charge in [-0.25, -0.2) is 4.79 Å². The Morgan fingerprint density at radius 1 is 1.31 bits per heavy atom. The fourth-order valence-corrected chi connectivity index (χ4v) is 3.02. The van der Waals surface area contributed by atoms with Gasteiger partial charge in [-0.05, 0) is 54.8 Å². The minimum Gasteiger partial charge on any atom is -0.385 e. The molecule has 26 heavy (non-hydrogen) atoms. The number of ether oxygens (including phenoxy) is 1. The molecule has 0 unspecified atom stereocenters. The number of aromatic amines is 1. The van der Waals surface area contributed by atoms with Gasteiger partial charge in [-0.2, -0.15) is 5.26 Å². The second-order valence-electron chi connectivity index (χ2n) is 5.82. The third-order valence-electron chi connectivity index (χ3n) is 3.92. The van der Waals surface area contributed by atoms with Gasteiger partial charge in [0.05, 0.1) is 0 Å². The van der Waals surface area contributed by atoms with Gasteiger partial charge in [0, 0.05) is 37.8 Å². The van der Waals surface area contributed by atoms with Gasteiger partial charge >= 0.3 is 5.69 Å². The molecule has 7 nitrogen and oxygen atoms in total. The molecule has 0 saturated heterocycles. The van der Waals surface area contributed by atoms with E-state index >= 15 is 0 Å². The predicted molar refractivity (Wildman–Crippen MR) is 104 cm³/mol. The predicted octanol–water partition coefficient (Wildman–Crippen LogP) is 2.73. The van der Waals surface area contributed by atoms with Crippen LogP contribution < -0.4 is 16.6 Å². The first-order valence-corrected chi connectivity index (χ1v) is 9.24. The molecule has 0 aliphatic carbocycles. The largest absolute Gasteiger partial charge is 0.385 e. The highest BCUT2D eigenvalue weighted by Gasteiger charge is 2.06. The fraction of sp³-hybridized carbons (Fsp3) is 0.389. The second kappa shape index (κ2) is 9.85. The Morgan fingerprint density at radius 2 is 2.12 bits per heavy atom. The van der Waals surface area contributed by atoms with Gasteiger partial charge in [-0.1, -0.05) is 6.07 Å². The van der Waals surface area contributed by atoms with Crippen LogP contribution in [0.3, 0.4) is 0 Å². The topological polar surface area (TPSA) is 99.9 Å². The normalized spacial score (nSPS) is 10.5. The Balaban J connectivity index is 2.14. The first-order chi connectivity index (χ1) is 12.5. The van der Waals surface area contributed by atoms with E-state index in [0.717, 1.165) is 23.2 Å². The van der Waals surface area contributed by atoms with E-state index in [2.05, 4.69) is 15.7 Å². The van der Waals surface area contributed by atoms with Crippen molar-refractivity contribution in [2.75, 3.05) is 19.0 Å². The summed E-state index contributed by atoms with van der Waals surface area (Å²) in [7, 11) is 1.62. The second-order valence-corrected chi connectivity index (χ2v) is 6.58. The number of aromatic nitrogens is 2. The van der Waals surface area contributed by atoms with Crippen LogP contribution in [0.25, 0.3) is 0 Å². The zero-order valence-corrected chi connectivity index (χ0v) is 15.7. The highest BCUT2D eigenvalue weighted by atomic mass is 32.2. The lowest BCUT2D eigenvalue weighted by atomic mass is 10.1. The van der Waals surface area contributed by atoms with Crippen LogP contribution in [-0.4, -0.2) is 23.3 Å². The lowest BCUT2D eigenvalue weighted by Crippen LogP contribution is -2.35. The maximum Gasteiger partial charge on any atom is 0.329 e. The Bertz CT molecular complexity index is 867. The minimum atomic E-state index is -0.440. The van der Waals surface area contributed by atoms with Gasteiger partial charge in [-0.3, -0.25) is 14.3 Å². The van der Waals surface area contributed by atoms with E-state index < -0.39 is 5.69 Å². The highest BCUT2D eigenvalue weighted by Crippen LogP contribution is 2.21. The number of nitrogens with one attached hydrogen (secondary N) is 2. The van der Waals surface area contributed by atoms with E-state index in [1.165, 1.54) is 22.4 Å². The molecule has 2 N–H and O–H groups in total. The van der Waals surface area contributed by atoms with Crippen molar-refractivity contribution in [1.82, 2.24) is 9.55 Å². The number of thiocyanates is 1. The number of benzene rings is 1. The van der Waals surface area contributed by atoms with Crippen LogP contribution in [0.1, 0.15) is 24.0 Å². The van der Waals surface area contributed by atoms with E-state index in [1.807, 2.05) is 25.1 Å². The summed E-state index contributed by atoms with van der Waals surface area (Å²) < 4.78 is 6.15. The summed E-state index contributed by atoms with van der Waals surface area (Å²) >= 11 is 1.17. The molecule has 0 aliphatic heterocycles. The number of thioether (sulfide) groups is 1. The van der Waals surface area contributed by atoms with Gasteiger partial charge in [0.2, 0.25) is 0 Å². The van der Waals surface area contributed by atoms with E-state index in [4.69, 9.17) is 10.00 Å². The molecule has 138 valence electrons. The molecule has 2 aromatic rings. The average molecular weight is 374 g/mol. The van der Waals surface area contributed by atoms with Gasteiger partial charge < -0.3 is 10.1 Å². The molecule has 0 saturated carbocycles. The van der Waals surface area contributed by atoms with Gasteiger partial charge in [-0.15, -0.1) is 0 Å². The summed E-state index contributed by atoms with van der Waals surface area (Å²) in [5.74, 6) is 0.924. The van der Waals surface area contributed by atoms with Crippen LogP contribution in [0.2, 0.25) is 0 Å². The minimum absolute atomic E-state index is 0.343. The van der Waals surface area contributed by atoms with E-state index in [1.54, 1.807) is 7.11 Å². The van der Waals surface area contributed by atoms with E-state index in [-0.39, 0.29) is 5.56 Å². The number of aryl methyl sites for hydroxylation is 1. The number of rotatable bonds is 9. The summed E-state index contributed by atoms with van der Waals surface area (Å²) in [6.45, 7) is 2.94. The Kier molecular flexibility index (Phi) is 7.51. The van der Waals surface area contributed by atoms with Crippen LogP contribution in [0.15, 0.2) is 33.9 Å². The van der Waals surface area contributed by atoms with Gasteiger partial charge in [0.15, 0.2) is 0 Å². The molecule has 1 aromatic heterocycles. The fourth-order valence-electron chi connectivity index (χ4n) is 2.49. The molecule has 8 heteroatoms. The van der Waals surface area contributed by atoms with Crippen LogP contribution in [0.5, 0.6) is 0 Å². The maximum atomic E-state index is 12.2. The molecule has 0 atom stereocenters. The lowest BCUT2D eigenvalue weighted by Gasteiger charge is -2.11. The van der Waals surface area contributed by atoms with Gasteiger partial charge in [0.1, 0.15) is 11.2 Å². The summed E-state index contributed by atoms with van der Waals surface area (Å²) in [4.78, 5) is 27.1. The summed E-state index contributed by atoms with van der Waals surface area (Å²) in [6.07, 6.45) is 1.48. The summed E-state index contributed by atoms with van der Waals surface area (Å²) in [6, 6.07) is 7.09. The quantitative estimate of drug-likeness (QED) is 0.517. The molecule has 1 heterocycles. The molecule has 0 radical (unpaired) electrons. The molecular formula is C18H22N4O3S. The van der Waals surface area contributed by atoms with Crippen molar-refractivity contribution in [1.29, 1.82) is 5.26 Å². The Morgan fingerprint density at radius 3 is 2.81 bits per heavy atom. The number of nitriles is 1. The van der Waals surface area contributed by atoms with Crippen molar-refractivity contribution in [3.8, 4) is 5.40 Å². The number of methoxy groups -OCH3 is 1. The number of nitrogens with zero attached hydrogens (tertiary/aromatic N) is 2. The molecule has 2 rings (SSSR count). The van der Waals surface area contributed by atoms with Crippen LogP contribution in [0.4, 0.5) is 11.5 Å². The zero-order chi connectivity index (χ0) is 18.9. The number of hydrogen-bond donors (Lipinski definition) is 2. The third kappa shape index (κ3) is 5.51. The van der Waals surface area contributed by atoms with Crippen molar-refractivity contribution in [2.24, 2.45) is 0 Å². The molecule has 1 aromatic carbocycles. The monoisotopic (exact) mass is 374 g/mol. The summed E-state index contributed by atoms with van der Waals surface area (Å²) in [5.41, 5.74) is 2.07. The molecule has 0 spiro atoms. The molecular weight excluding hydrogens is 352 g/mol. The molecule has 0 aliphatic rings. The first kappa shape index (κ1) is 19.8. The third-order valence-corrected chi connectivity index (χ3v) is 4.51. The number of anilines is 2. The number of unbranched alkanes of at least 4 members (excludes halogenated alkanes) is 1. The molecule has 0 amide bonds. The molecule has 0 bridgehead atoms. The lowest BCUT2D eigenvalue weighted by molar-refractivity contribution is 0.191. The number of hydrogen-bond acceptors (Lipinski definition) is 6. The number of H-pyrrole nitrogens is 1.